The molecule has 82 valence electrons. The average molecular weight is 214 g/mol. The Bertz CT molecular complexity index is 367. The van der Waals surface area contributed by atoms with Crippen LogP contribution in [-0.2, 0) is 0 Å². The summed E-state index contributed by atoms with van der Waals surface area (Å²) in [5.41, 5.74) is 4.78. The number of rotatable bonds is 4. The van der Waals surface area contributed by atoms with Crippen molar-refractivity contribution in [1.29, 1.82) is 0 Å². The number of anilines is 1. The van der Waals surface area contributed by atoms with E-state index in [1.165, 1.54) is 6.07 Å². The standard InChI is InChI=1S/C10H12F2N2O/c1-6-5-9(15-10(11)12)7(2)4-8(6)14-13-3/h4-5,10,14H,3H2,1-2H3. The zero-order valence-corrected chi connectivity index (χ0v) is 8.55. The average Bonchev–Trinajstić information content (AvgIpc) is 2.13. The van der Waals surface area contributed by atoms with Gasteiger partial charge in [0.1, 0.15) is 5.75 Å². The largest absolute Gasteiger partial charge is 0.435 e. The number of benzene rings is 1. The number of nitrogens with zero attached hydrogens (tertiary/aromatic N) is 1. The highest BCUT2D eigenvalue weighted by Crippen LogP contribution is 2.27. The lowest BCUT2D eigenvalue weighted by molar-refractivity contribution is -0.0503. The molecule has 5 heteroatoms. The predicted octanol–water partition coefficient (Wildman–Crippen LogP) is 2.93. The quantitative estimate of drug-likeness (QED) is 0.617. The molecule has 1 rings (SSSR count). The number of hydrazone groups is 1. The van der Waals surface area contributed by atoms with Gasteiger partial charge >= 0.3 is 6.61 Å². The normalized spacial score (nSPS) is 10.2. The molecule has 1 N–H and O–H groups in total. The van der Waals surface area contributed by atoms with Gasteiger partial charge in [0.05, 0.1) is 5.69 Å². The SMILES string of the molecule is C=NNc1cc(C)c(OC(F)F)cc1C. The summed E-state index contributed by atoms with van der Waals surface area (Å²) in [5, 5.41) is 3.51. The minimum atomic E-state index is -2.81. The summed E-state index contributed by atoms with van der Waals surface area (Å²) in [5.74, 6) is 0.178. The van der Waals surface area contributed by atoms with E-state index in [1.807, 2.05) is 0 Å². The lowest BCUT2D eigenvalue weighted by atomic mass is 10.1. The van der Waals surface area contributed by atoms with Crippen molar-refractivity contribution in [2.75, 3.05) is 5.43 Å². The molecule has 0 aliphatic carbocycles. The fourth-order valence-corrected chi connectivity index (χ4v) is 1.22. The van der Waals surface area contributed by atoms with Gasteiger partial charge < -0.3 is 4.74 Å². The number of nitrogens with one attached hydrogen (secondary N) is 1. The van der Waals surface area contributed by atoms with Crippen LogP contribution in [0.1, 0.15) is 11.1 Å². The van der Waals surface area contributed by atoms with Crippen molar-refractivity contribution in [3.63, 3.8) is 0 Å². The monoisotopic (exact) mass is 214 g/mol. The minimum Gasteiger partial charge on any atom is -0.435 e. The Labute approximate surface area is 86.8 Å². The van der Waals surface area contributed by atoms with E-state index in [0.29, 0.717) is 5.56 Å². The molecule has 0 radical (unpaired) electrons. The molecule has 0 bridgehead atoms. The van der Waals surface area contributed by atoms with Crippen LogP contribution in [0.2, 0.25) is 0 Å². The van der Waals surface area contributed by atoms with Gasteiger partial charge in [-0.2, -0.15) is 13.9 Å². The summed E-state index contributed by atoms with van der Waals surface area (Å²) in [7, 11) is 0. The van der Waals surface area contributed by atoms with E-state index in [2.05, 4.69) is 22.0 Å². The van der Waals surface area contributed by atoms with Crippen LogP contribution in [0, 0.1) is 13.8 Å². The third kappa shape index (κ3) is 2.90. The molecule has 0 saturated carbocycles. The Morgan fingerprint density at radius 2 is 2.00 bits per heavy atom. The van der Waals surface area contributed by atoms with Crippen LogP contribution >= 0.6 is 0 Å². The van der Waals surface area contributed by atoms with Gasteiger partial charge in [-0.1, -0.05) is 0 Å². The summed E-state index contributed by atoms with van der Waals surface area (Å²) in [6, 6.07) is 3.22. The van der Waals surface area contributed by atoms with Gasteiger partial charge in [-0.15, -0.1) is 0 Å². The molecule has 0 heterocycles. The second kappa shape index (κ2) is 4.72. The van der Waals surface area contributed by atoms with E-state index in [-0.39, 0.29) is 5.75 Å². The second-order valence-corrected chi connectivity index (χ2v) is 3.08. The van der Waals surface area contributed by atoms with E-state index in [4.69, 9.17) is 0 Å². The van der Waals surface area contributed by atoms with Gasteiger partial charge in [-0.25, -0.2) is 0 Å². The molecule has 1 aromatic carbocycles. The fraction of sp³-hybridized carbons (Fsp3) is 0.300. The van der Waals surface area contributed by atoms with Gasteiger partial charge in [0.15, 0.2) is 0 Å². The lowest BCUT2D eigenvalue weighted by Crippen LogP contribution is -2.04. The second-order valence-electron chi connectivity index (χ2n) is 3.08. The smallest absolute Gasteiger partial charge is 0.387 e. The van der Waals surface area contributed by atoms with Crippen LogP contribution in [0.15, 0.2) is 17.2 Å². The molecule has 0 spiro atoms. The van der Waals surface area contributed by atoms with E-state index in [1.54, 1.807) is 19.9 Å². The lowest BCUT2D eigenvalue weighted by Gasteiger charge is -2.11. The Morgan fingerprint density at radius 3 is 2.53 bits per heavy atom. The predicted molar refractivity (Wildman–Crippen MR) is 55.7 cm³/mol. The molecule has 0 unspecified atom stereocenters. The third-order valence-electron chi connectivity index (χ3n) is 1.94. The van der Waals surface area contributed by atoms with Gasteiger partial charge in [0.25, 0.3) is 0 Å². The van der Waals surface area contributed by atoms with E-state index >= 15 is 0 Å². The Kier molecular flexibility index (Phi) is 3.60. The number of hydrogen-bond acceptors (Lipinski definition) is 3. The highest BCUT2D eigenvalue weighted by Gasteiger charge is 2.09. The van der Waals surface area contributed by atoms with Crippen molar-refractivity contribution in [1.82, 2.24) is 0 Å². The van der Waals surface area contributed by atoms with Crippen molar-refractivity contribution < 1.29 is 13.5 Å². The van der Waals surface area contributed by atoms with Gasteiger partial charge in [-0.3, -0.25) is 5.43 Å². The van der Waals surface area contributed by atoms with Crippen LogP contribution in [0.4, 0.5) is 14.5 Å². The molecule has 15 heavy (non-hydrogen) atoms. The molecule has 0 aliphatic rings. The summed E-state index contributed by atoms with van der Waals surface area (Å²) in [4.78, 5) is 0. The van der Waals surface area contributed by atoms with Crippen LogP contribution in [0.3, 0.4) is 0 Å². The van der Waals surface area contributed by atoms with Crippen LogP contribution in [0.25, 0.3) is 0 Å². The molecule has 0 aromatic heterocycles. The summed E-state index contributed by atoms with van der Waals surface area (Å²) in [6.45, 7) is 3.93. The zero-order chi connectivity index (χ0) is 11.4. The molecule has 3 nitrogen and oxygen atoms in total. The van der Waals surface area contributed by atoms with Crippen molar-refractivity contribution in [3.8, 4) is 5.75 Å². The molecule has 0 aliphatic heterocycles. The highest BCUT2D eigenvalue weighted by atomic mass is 19.3. The first-order chi connectivity index (χ1) is 7.04. The van der Waals surface area contributed by atoms with Gasteiger partial charge in [0.2, 0.25) is 0 Å². The van der Waals surface area contributed by atoms with Crippen LogP contribution in [0.5, 0.6) is 5.75 Å². The molecule has 0 atom stereocenters. The van der Waals surface area contributed by atoms with Crippen molar-refractivity contribution in [2.45, 2.75) is 20.5 Å². The Hall–Kier alpha value is -1.65. The van der Waals surface area contributed by atoms with Crippen molar-refractivity contribution in [3.05, 3.63) is 23.3 Å². The number of aryl methyl sites for hydroxylation is 2. The first kappa shape index (κ1) is 11.4. The van der Waals surface area contributed by atoms with E-state index in [0.717, 1.165) is 11.3 Å². The Balaban J connectivity index is 3.02. The molecular formula is C10H12F2N2O. The maximum absolute atomic E-state index is 12.0. The first-order valence-electron chi connectivity index (χ1n) is 4.32. The maximum Gasteiger partial charge on any atom is 0.387 e. The highest BCUT2D eigenvalue weighted by molar-refractivity contribution is 5.57. The molecular weight excluding hydrogens is 202 g/mol. The number of ether oxygens (including phenoxy) is 1. The minimum absolute atomic E-state index is 0.178. The summed E-state index contributed by atoms with van der Waals surface area (Å²) < 4.78 is 28.4. The van der Waals surface area contributed by atoms with Crippen molar-refractivity contribution in [2.24, 2.45) is 5.10 Å². The van der Waals surface area contributed by atoms with Crippen molar-refractivity contribution >= 4 is 12.4 Å². The maximum atomic E-state index is 12.0. The summed E-state index contributed by atoms with van der Waals surface area (Å²) >= 11 is 0. The van der Waals surface area contributed by atoms with E-state index in [9.17, 15) is 8.78 Å². The zero-order valence-electron chi connectivity index (χ0n) is 8.55. The topological polar surface area (TPSA) is 33.6 Å². The summed E-state index contributed by atoms with van der Waals surface area (Å²) in [6.07, 6.45) is 0. The van der Waals surface area contributed by atoms with Gasteiger partial charge in [-0.05, 0) is 37.1 Å². The third-order valence-corrected chi connectivity index (χ3v) is 1.94. The number of alkyl halides is 2. The van der Waals surface area contributed by atoms with E-state index < -0.39 is 6.61 Å². The molecule has 0 fully saturated rings. The fourth-order valence-electron chi connectivity index (χ4n) is 1.22. The van der Waals surface area contributed by atoms with Crippen LogP contribution in [-0.4, -0.2) is 13.3 Å². The number of hydrogen-bond donors (Lipinski definition) is 1. The molecule has 1 aromatic rings. The van der Waals surface area contributed by atoms with Crippen LogP contribution < -0.4 is 10.2 Å². The molecule has 0 saturated heterocycles. The first-order valence-corrected chi connectivity index (χ1v) is 4.32. The van der Waals surface area contributed by atoms with Gasteiger partial charge in [0, 0.05) is 6.72 Å². The Morgan fingerprint density at radius 1 is 1.33 bits per heavy atom. The molecule has 0 amide bonds. The number of halogens is 2.